The Bertz CT molecular complexity index is 511. The molecule has 0 spiro atoms. The fourth-order valence-corrected chi connectivity index (χ4v) is 2.46. The van der Waals surface area contributed by atoms with Crippen LogP contribution in [0.15, 0.2) is 24.3 Å². The van der Waals surface area contributed by atoms with E-state index in [-0.39, 0.29) is 5.91 Å². The Kier molecular flexibility index (Phi) is 5.30. The van der Waals surface area contributed by atoms with Crippen LogP contribution in [-0.4, -0.2) is 56.5 Å². The smallest absolute Gasteiger partial charge is 0.251 e. The van der Waals surface area contributed by atoms with Crippen molar-refractivity contribution < 1.29 is 19.6 Å². The minimum Gasteiger partial charge on any atom is -0.548 e. The lowest BCUT2D eigenvalue weighted by molar-refractivity contribution is -0.884. The third-order valence-electron chi connectivity index (χ3n) is 3.76. The monoisotopic (exact) mass is 291 g/mol. The minimum atomic E-state index is -1.29. The standard InChI is InChI=1S/C15H21N3O3/c1-17-6-8-18(9-7-17)11-12-4-2-3-5-13(12)15(21)16-10-14(19)20/h2-5H,6-11H2,1H3,(H,16,21)(H,19,20). The Morgan fingerprint density at radius 3 is 2.62 bits per heavy atom. The molecule has 6 heteroatoms. The molecule has 1 heterocycles. The van der Waals surface area contributed by atoms with Gasteiger partial charge in [0.2, 0.25) is 0 Å². The molecular formula is C15H21N3O3. The zero-order valence-electron chi connectivity index (χ0n) is 12.2. The van der Waals surface area contributed by atoms with Crippen LogP contribution in [0.2, 0.25) is 0 Å². The number of hydrogen-bond donors (Lipinski definition) is 2. The van der Waals surface area contributed by atoms with Gasteiger partial charge in [0.1, 0.15) is 0 Å². The molecule has 114 valence electrons. The first-order valence-electron chi connectivity index (χ1n) is 7.16. The van der Waals surface area contributed by atoms with E-state index in [0.29, 0.717) is 12.1 Å². The molecule has 1 aromatic carbocycles. The molecule has 1 fully saturated rings. The first-order valence-corrected chi connectivity index (χ1v) is 7.16. The molecule has 0 bridgehead atoms. The topological polar surface area (TPSA) is 76.9 Å². The summed E-state index contributed by atoms with van der Waals surface area (Å²) in [4.78, 5) is 26.3. The zero-order chi connectivity index (χ0) is 15.2. The van der Waals surface area contributed by atoms with Crippen LogP contribution in [0, 0.1) is 0 Å². The molecule has 0 saturated carbocycles. The number of likely N-dealkylation sites (N-methyl/N-ethyl adjacent to an activating group) is 1. The second-order valence-electron chi connectivity index (χ2n) is 5.45. The molecule has 2 rings (SSSR count). The number of piperazine rings is 1. The number of carbonyl (C=O) groups is 2. The molecule has 1 aliphatic rings. The Morgan fingerprint density at radius 2 is 1.95 bits per heavy atom. The minimum absolute atomic E-state index is 0.366. The van der Waals surface area contributed by atoms with Crippen LogP contribution in [0.1, 0.15) is 15.9 Å². The van der Waals surface area contributed by atoms with Gasteiger partial charge in [-0.15, -0.1) is 0 Å². The first kappa shape index (κ1) is 15.5. The number of hydrogen-bond acceptors (Lipinski definition) is 4. The Hall–Kier alpha value is -1.92. The third-order valence-corrected chi connectivity index (χ3v) is 3.76. The van der Waals surface area contributed by atoms with E-state index >= 15 is 0 Å². The van der Waals surface area contributed by atoms with E-state index in [9.17, 15) is 14.7 Å². The van der Waals surface area contributed by atoms with Crippen molar-refractivity contribution in [3.05, 3.63) is 35.4 Å². The fourth-order valence-electron chi connectivity index (χ4n) is 2.46. The van der Waals surface area contributed by atoms with Crippen LogP contribution in [-0.2, 0) is 11.3 Å². The van der Waals surface area contributed by atoms with E-state index in [1.54, 1.807) is 12.1 Å². The quantitative estimate of drug-likeness (QED) is 0.629. The molecule has 1 aliphatic heterocycles. The normalized spacial score (nSPS) is 16.6. The average molecular weight is 291 g/mol. The van der Waals surface area contributed by atoms with Crippen molar-refractivity contribution in [1.29, 1.82) is 0 Å². The van der Waals surface area contributed by atoms with E-state index in [1.807, 2.05) is 12.1 Å². The summed E-state index contributed by atoms with van der Waals surface area (Å²) in [5.41, 5.74) is 1.46. The number of quaternary nitrogens is 1. The van der Waals surface area contributed by atoms with Crippen molar-refractivity contribution in [1.82, 2.24) is 10.2 Å². The summed E-state index contributed by atoms with van der Waals surface area (Å²) in [7, 11) is 2.18. The molecule has 1 saturated heterocycles. The van der Waals surface area contributed by atoms with Crippen LogP contribution in [0.25, 0.3) is 0 Å². The molecule has 0 radical (unpaired) electrons. The van der Waals surface area contributed by atoms with Gasteiger partial charge in [-0.05, 0) is 11.6 Å². The highest BCUT2D eigenvalue weighted by Gasteiger charge is 2.19. The number of rotatable bonds is 5. The number of nitrogens with zero attached hydrogens (tertiary/aromatic N) is 1. The summed E-state index contributed by atoms with van der Waals surface area (Å²) in [5, 5.41) is 12.8. The molecule has 0 atom stereocenters. The van der Waals surface area contributed by atoms with E-state index in [2.05, 4.69) is 17.3 Å². The van der Waals surface area contributed by atoms with Crippen molar-refractivity contribution >= 4 is 11.9 Å². The lowest BCUT2D eigenvalue weighted by Gasteiger charge is -2.30. The van der Waals surface area contributed by atoms with Gasteiger partial charge >= 0.3 is 0 Å². The van der Waals surface area contributed by atoms with E-state index in [0.717, 1.165) is 31.7 Å². The highest BCUT2D eigenvalue weighted by atomic mass is 16.4. The van der Waals surface area contributed by atoms with Crippen molar-refractivity contribution in [3.63, 3.8) is 0 Å². The molecular weight excluding hydrogens is 270 g/mol. The number of amides is 1. The van der Waals surface area contributed by atoms with Crippen LogP contribution >= 0.6 is 0 Å². The Balaban J connectivity index is 2.02. The summed E-state index contributed by atoms with van der Waals surface area (Å²) >= 11 is 0. The van der Waals surface area contributed by atoms with E-state index in [4.69, 9.17) is 0 Å². The highest BCUT2D eigenvalue weighted by Crippen LogP contribution is 2.12. The largest absolute Gasteiger partial charge is 0.548 e. The number of carboxylic acids is 1. The summed E-state index contributed by atoms with van der Waals surface area (Å²) in [6.07, 6.45) is 0. The van der Waals surface area contributed by atoms with Gasteiger partial charge in [0.25, 0.3) is 5.91 Å². The van der Waals surface area contributed by atoms with Crippen molar-refractivity contribution in [2.75, 3.05) is 39.8 Å². The average Bonchev–Trinajstić information content (AvgIpc) is 2.48. The molecule has 1 aromatic rings. The first-order chi connectivity index (χ1) is 10.1. The van der Waals surface area contributed by atoms with Crippen LogP contribution in [0.3, 0.4) is 0 Å². The summed E-state index contributed by atoms with van der Waals surface area (Å²) in [6.45, 7) is 4.44. The van der Waals surface area contributed by atoms with Gasteiger partial charge in [-0.2, -0.15) is 0 Å². The summed E-state index contributed by atoms with van der Waals surface area (Å²) in [5.74, 6) is -1.66. The van der Waals surface area contributed by atoms with Gasteiger partial charge in [-0.25, -0.2) is 0 Å². The predicted octanol–water partition coefficient (Wildman–Crippen LogP) is -2.50. The molecule has 2 N–H and O–H groups in total. The van der Waals surface area contributed by atoms with Crippen molar-refractivity contribution in [3.8, 4) is 0 Å². The maximum Gasteiger partial charge on any atom is 0.251 e. The van der Waals surface area contributed by atoms with Crippen molar-refractivity contribution in [2.24, 2.45) is 0 Å². The number of carbonyl (C=O) groups excluding carboxylic acids is 2. The van der Waals surface area contributed by atoms with Gasteiger partial charge in [0, 0.05) is 25.2 Å². The van der Waals surface area contributed by atoms with E-state index in [1.165, 1.54) is 4.90 Å². The molecule has 6 nitrogen and oxygen atoms in total. The van der Waals surface area contributed by atoms with Gasteiger partial charge < -0.3 is 20.1 Å². The van der Waals surface area contributed by atoms with Gasteiger partial charge in [0.15, 0.2) is 0 Å². The second-order valence-corrected chi connectivity index (χ2v) is 5.45. The van der Waals surface area contributed by atoms with Crippen molar-refractivity contribution in [2.45, 2.75) is 6.54 Å². The van der Waals surface area contributed by atoms with Gasteiger partial charge in [-0.1, -0.05) is 18.2 Å². The SMILES string of the molecule is C[NH+]1CCN(Cc2ccccc2C(=O)NCC(=O)[O-])CC1. The molecule has 0 aliphatic carbocycles. The third kappa shape index (κ3) is 4.54. The fraction of sp³-hybridized carbons (Fsp3) is 0.467. The lowest BCUT2D eigenvalue weighted by Crippen LogP contribution is -3.11. The maximum atomic E-state index is 12.0. The van der Waals surface area contributed by atoms with E-state index < -0.39 is 12.5 Å². The van der Waals surface area contributed by atoms with Gasteiger partial charge in [0.05, 0.1) is 32.7 Å². The Morgan fingerprint density at radius 1 is 1.29 bits per heavy atom. The second kappa shape index (κ2) is 7.19. The highest BCUT2D eigenvalue weighted by molar-refractivity contribution is 5.96. The van der Waals surface area contributed by atoms with Crippen LogP contribution in [0.4, 0.5) is 0 Å². The van der Waals surface area contributed by atoms with Crippen LogP contribution in [0.5, 0.6) is 0 Å². The number of benzene rings is 1. The van der Waals surface area contributed by atoms with Crippen LogP contribution < -0.4 is 15.3 Å². The Labute approximate surface area is 124 Å². The predicted molar refractivity (Wildman–Crippen MR) is 75.7 cm³/mol. The molecule has 0 unspecified atom stereocenters. The van der Waals surface area contributed by atoms with Gasteiger partial charge in [-0.3, -0.25) is 9.69 Å². The maximum absolute atomic E-state index is 12.0. The number of carboxylic acid groups (broad SMARTS) is 1. The molecule has 1 amide bonds. The zero-order valence-corrected chi connectivity index (χ0v) is 12.2. The molecule has 21 heavy (non-hydrogen) atoms. The summed E-state index contributed by atoms with van der Waals surface area (Å²) < 4.78 is 0. The number of aliphatic carboxylic acids is 1. The number of nitrogens with one attached hydrogen (secondary N) is 2. The summed E-state index contributed by atoms with van der Waals surface area (Å²) in [6, 6.07) is 7.32. The molecule has 0 aromatic heterocycles. The lowest BCUT2D eigenvalue weighted by atomic mass is 10.1.